The van der Waals surface area contributed by atoms with Gasteiger partial charge in [0.05, 0.1) is 25.1 Å². The van der Waals surface area contributed by atoms with Crippen molar-refractivity contribution in [1.82, 2.24) is 5.32 Å². The average molecular weight is 439 g/mol. The summed E-state index contributed by atoms with van der Waals surface area (Å²) < 4.78 is 31.1. The molecule has 0 fully saturated rings. The molecule has 1 N–H and O–H groups in total. The molecule has 29 heavy (non-hydrogen) atoms. The van der Waals surface area contributed by atoms with Crippen molar-refractivity contribution in [1.29, 1.82) is 0 Å². The molecule has 0 spiro atoms. The van der Waals surface area contributed by atoms with Gasteiger partial charge < -0.3 is 10.1 Å². The Morgan fingerprint density at radius 2 is 1.93 bits per heavy atom. The number of benzene rings is 2. The monoisotopic (exact) mass is 438 g/mol. The summed E-state index contributed by atoms with van der Waals surface area (Å²) in [6, 6.07) is 10.5. The zero-order valence-corrected chi connectivity index (χ0v) is 18.9. The summed E-state index contributed by atoms with van der Waals surface area (Å²) in [5, 5.41) is 3.38. The van der Waals surface area contributed by atoms with Crippen LogP contribution in [0.1, 0.15) is 36.1 Å². The summed E-state index contributed by atoms with van der Waals surface area (Å²) in [6.45, 7) is 5.29. The van der Waals surface area contributed by atoms with Gasteiger partial charge in [-0.1, -0.05) is 36.7 Å². The number of hydrogen-bond acceptors (Lipinski definition) is 4. The SMILES string of the molecule is CC[C@H](NC(=O)CN(c1cccc(Cl)c1C)S(C)(=O)=O)c1ccc(OC)c(C)c1. The number of ether oxygens (including phenoxy) is 1. The largest absolute Gasteiger partial charge is 0.496 e. The van der Waals surface area contributed by atoms with Crippen molar-refractivity contribution < 1.29 is 17.9 Å². The van der Waals surface area contributed by atoms with Gasteiger partial charge in [-0.3, -0.25) is 9.10 Å². The van der Waals surface area contributed by atoms with E-state index in [9.17, 15) is 13.2 Å². The van der Waals surface area contributed by atoms with Gasteiger partial charge in [-0.15, -0.1) is 0 Å². The highest BCUT2D eigenvalue weighted by molar-refractivity contribution is 7.92. The minimum atomic E-state index is -3.68. The van der Waals surface area contributed by atoms with Gasteiger partial charge in [0.2, 0.25) is 15.9 Å². The molecule has 2 aromatic rings. The quantitative estimate of drug-likeness (QED) is 0.675. The summed E-state index contributed by atoms with van der Waals surface area (Å²) in [5.41, 5.74) is 2.89. The fourth-order valence-electron chi connectivity index (χ4n) is 3.16. The summed E-state index contributed by atoms with van der Waals surface area (Å²) in [5.74, 6) is 0.379. The van der Waals surface area contributed by atoms with Crippen LogP contribution in [0, 0.1) is 13.8 Å². The number of nitrogens with zero attached hydrogens (tertiary/aromatic N) is 1. The molecule has 158 valence electrons. The lowest BCUT2D eigenvalue weighted by Crippen LogP contribution is -2.41. The lowest BCUT2D eigenvalue weighted by atomic mass is 10.0. The Kier molecular flexibility index (Phi) is 7.54. The van der Waals surface area contributed by atoms with Crippen LogP contribution in [0.15, 0.2) is 36.4 Å². The van der Waals surface area contributed by atoms with Crippen LogP contribution >= 0.6 is 11.6 Å². The van der Waals surface area contributed by atoms with E-state index in [1.807, 2.05) is 32.0 Å². The maximum Gasteiger partial charge on any atom is 0.241 e. The highest BCUT2D eigenvalue weighted by atomic mass is 35.5. The standard InChI is InChI=1S/C21H27ClN2O4S/c1-6-18(16-10-11-20(28-4)14(2)12-16)23-21(25)13-24(29(5,26)27)19-9-7-8-17(22)15(19)3/h7-12,18H,6,13H2,1-5H3,(H,23,25)/t18-/m0/s1. The molecular weight excluding hydrogens is 412 g/mol. The predicted octanol–water partition coefficient (Wildman–Crippen LogP) is 4.00. The van der Waals surface area contributed by atoms with E-state index in [1.165, 1.54) is 0 Å². The van der Waals surface area contributed by atoms with Gasteiger partial charge in [0.15, 0.2) is 0 Å². The zero-order chi connectivity index (χ0) is 21.8. The van der Waals surface area contributed by atoms with Crippen molar-refractivity contribution in [3.63, 3.8) is 0 Å². The van der Waals surface area contributed by atoms with Gasteiger partial charge in [0.25, 0.3) is 0 Å². The number of carbonyl (C=O) groups is 1. The van der Waals surface area contributed by atoms with Crippen LogP contribution in [-0.2, 0) is 14.8 Å². The third-order valence-corrected chi connectivity index (χ3v) is 6.30. The van der Waals surface area contributed by atoms with Crippen LogP contribution < -0.4 is 14.4 Å². The number of amides is 1. The van der Waals surface area contributed by atoms with Gasteiger partial charge in [0, 0.05) is 5.02 Å². The first-order chi connectivity index (χ1) is 13.6. The average Bonchev–Trinajstić information content (AvgIpc) is 2.65. The van der Waals surface area contributed by atoms with E-state index in [1.54, 1.807) is 32.2 Å². The third-order valence-electron chi connectivity index (χ3n) is 4.76. The molecule has 2 rings (SSSR count). The number of halogens is 1. The molecule has 6 nitrogen and oxygen atoms in total. The Labute approximate surface area is 177 Å². The number of nitrogens with one attached hydrogen (secondary N) is 1. The molecule has 1 amide bonds. The molecule has 2 aromatic carbocycles. The first-order valence-electron chi connectivity index (χ1n) is 9.25. The highest BCUT2D eigenvalue weighted by Gasteiger charge is 2.24. The Balaban J connectivity index is 2.25. The minimum Gasteiger partial charge on any atom is -0.496 e. The van der Waals surface area contributed by atoms with Crippen LogP contribution in [-0.4, -0.2) is 34.2 Å². The minimum absolute atomic E-state index is 0.242. The molecule has 0 unspecified atom stereocenters. The van der Waals surface area contributed by atoms with Gasteiger partial charge in [0.1, 0.15) is 12.3 Å². The topological polar surface area (TPSA) is 75.7 Å². The number of methoxy groups -OCH3 is 1. The first kappa shape index (κ1) is 23.0. The number of aryl methyl sites for hydroxylation is 1. The molecule has 0 saturated heterocycles. The van der Waals surface area contributed by atoms with Gasteiger partial charge in [-0.2, -0.15) is 0 Å². The van der Waals surface area contributed by atoms with E-state index >= 15 is 0 Å². The van der Waals surface area contributed by atoms with E-state index in [0.717, 1.165) is 27.4 Å². The fraction of sp³-hybridized carbons (Fsp3) is 0.381. The van der Waals surface area contributed by atoms with Crippen LogP contribution in [0.4, 0.5) is 5.69 Å². The van der Waals surface area contributed by atoms with Crippen LogP contribution in [0.2, 0.25) is 5.02 Å². The number of hydrogen-bond donors (Lipinski definition) is 1. The van der Waals surface area contributed by atoms with Crippen LogP contribution in [0.3, 0.4) is 0 Å². The number of anilines is 1. The molecule has 0 aromatic heterocycles. The molecule has 0 aliphatic carbocycles. The maximum atomic E-state index is 12.7. The second-order valence-corrected chi connectivity index (χ2v) is 9.23. The molecule has 0 radical (unpaired) electrons. The van der Waals surface area contributed by atoms with Crippen molar-refractivity contribution in [2.24, 2.45) is 0 Å². The van der Waals surface area contributed by atoms with E-state index < -0.39 is 15.9 Å². The van der Waals surface area contributed by atoms with Gasteiger partial charge in [-0.25, -0.2) is 8.42 Å². The molecule has 0 aliphatic heterocycles. The Hall–Kier alpha value is -2.25. The third kappa shape index (κ3) is 5.64. The number of sulfonamides is 1. The lowest BCUT2D eigenvalue weighted by Gasteiger charge is -2.26. The van der Waals surface area contributed by atoms with Gasteiger partial charge >= 0.3 is 0 Å². The highest BCUT2D eigenvalue weighted by Crippen LogP contribution is 2.28. The Bertz CT molecular complexity index is 992. The van der Waals surface area contributed by atoms with Crippen molar-refractivity contribution in [2.75, 3.05) is 24.2 Å². The molecule has 0 aliphatic rings. The second-order valence-electron chi connectivity index (χ2n) is 6.91. The fourth-order valence-corrected chi connectivity index (χ4v) is 4.23. The number of carbonyl (C=O) groups excluding carboxylic acids is 1. The molecular formula is C21H27ClN2O4S. The maximum absolute atomic E-state index is 12.7. The van der Waals surface area contributed by atoms with Crippen LogP contribution in [0.25, 0.3) is 0 Å². The summed E-state index contributed by atoms with van der Waals surface area (Å²) in [4.78, 5) is 12.7. The summed E-state index contributed by atoms with van der Waals surface area (Å²) in [6.07, 6.45) is 1.73. The molecule has 8 heteroatoms. The molecule has 0 heterocycles. The first-order valence-corrected chi connectivity index (χ1v) is 11.5. The molecule has 1 atom stereocenters. The lowest BCUT2D eigenvalue weighted by molar-refractivity contribution is -0.120. The normalized spacial score (nSPS) is 12.3. The zero-order valence-electron chi connectivity index (χ0n) is 17.3. The summed E-state index contributed by atoms with van der Waals surface area (Å²) >= 11 is 6.14. The van der Waals surface area contributed by atoms with Crippen molar-refractivity contribution in [2.45, 2.75) is 33.2 Å². The van der Waals surface area contributed by atoms with E-state index in [0.29, 0.717) is 22.7 Å². The molecule has 0 bridgehead atoms. The van der Waals surface area contributed by atoms with Crippen molar-refractivity contribution in [3.05, 3.63) is 58.1 Å². The van der Waals surface area contributed by atoms with Crippen molar-refractivity contribution >= 4 is 33.2 Å². The second kappa shape index (κ2) is 9.50. The number of rotatable bonds is 8. The smallest absolute Gasteiger partial charge is 0.241 e. The summed E-state index contributed by atoms with van der Waals surface area (Å²) in [7, 11) is -2.07. The Morgan fingerprint density at radius 1 is 1.24 bits per heavy atom. The van der Waals surface area contributed by atoms with Crippen molar-refractivity contribution in [3.8, 4) is 5.75 Å². The van der Waals surface area contributed by atoms with E-state index in [-0.39, 0.29) is 12.6 Å². The predicted molar refractivity (Wildman–Crippen MR) is 117 cm³/mol. The molecule has 0 saturated carbocycles. The Morgan fingerprint density at radius 3 is 2.48 bits per heavy atom. The van der Waals surface area contributed by atoms with E-state index in [2.05, 4.69) is 5.32 Å². The van der Waals surface area contributed by atoms with Gasteiger partial charge in [-0.05, 0) is 55.2 Å². The van der Waals surface area contributed by atoms with Crippen LogP contribution in [0.5, 0.6) is 5.75 Å². The van der Waals surface area contributed by atoms with E-state index in [4.69, 9.17) is 16.3 Å².